The zero-order valence-corrected chi connectivity index (χ0v) is 24.8. The number of hydrazine groups is 1. The lowest BCUT2D eigenvalue weighted by molar-refractivity contribution is -0.141. The minimum atomic E-state index is -1.62. The summed E-state index contributed by atoms with van der Waals surface area (Å²) in [4.78, 5) is 57.6. The largest absolute Gasteiger partial charge is 0.505 e. The summed E-state index contributed by atoms with van der Waals surface area (Å²) in [6.07, 6.45) is 2.19. The van der Waals surface area contributed by atoms with Crippen molar-refractivity contribution in [3.63, 3.8) is 0 Å². The van der Waals surface area contributed by atoms with Crippen LogP contribution in [-0.2, 0) is 24.6 Å². The molecule has 4 amide bonds. The summed E-state index contributed by atoms with van der Waals surface area (Å²) >= 11 is 6.26. The van der Waals surface area contributed by atoms with Gasteiger partial charge in [0.05, 0.1) is 28.9 Å². The number of fused-ring (bicyclic) bond motifs is 4. The molecule has 6 unspecified atom stereocenters. The fourth-order valence-electron chi connectivity index (χ4n) is 8.11. The zero-order chi connectivity index (χ0) is 31.8. The van der Waals surface area contributed by atoms with Crippen LogP contribution in [0.4, 0.5) is 14.5 Å². The highest BCUT2D eigenvalue weighted by molar-refractivity contribution is 6.30. The number of allylic oxidation sites excluding steroid dienone is 2. The number of phenolic OH excluding ortho intramolecular Hbond substituents is 1. The van der Waals surface area contributed by atoms with Crippen LogP contribution in [0.5, 0.6) is 5.75 Å². The van der Waals surface area contributed by atoms with Crippen molar-refractivity contribution in [3.05, 3.63) is 106 Å². The van der Waals surface area contributed by atoms with Crippen molar-refractivity contribution in [3.8, 4) is 5.75 Å². The first-order valence-corrected chi connectivity index (χ1v) is 15.2. The predicted octanol–water partition coefficient (Wildman–Crippen LogP) is 5.33. The first kappa shape index (κ1) is 29.2. The second-order valence-electron chi connectivity index (χ2n) is 12.0. The Morgan fingerprint density at radius 1 is 0.933 bits per heavy atom. The Labute approximate surface area is 262 Å². The van der Waals surface area contributed by atoms with E-state index in [0.717, 1.165) is 11.1 Å². The van der Waals surface area contributed by atoms with Gasteiger partial charge in [0.2, 0.25) is 11.8 Å². The number of hydrogen-bond acceptors (Lipinski definition) is 6. The van der Waals surface area contributed by atoms with Gasteiger partial charge in [-0.15, -0.1) is 0 Å². The zero-order valence-electron chi connectivity index (χ0n) is 24.0. The van der Waals surface area contributed by atoms with E-state index in [2.05, 4.69) is 5.43 Å². The van der Waals surface area contributed by atoms with E-state index in [1.807, 2.05) is 6.08 Å². The monoisotopic (exact) mass is 631 g/mol. The van der Waals surface area contributed by atoms with Gasteiger partial charge in [-0.25, -0.2) is 8.78 Å². The molecule has 3 fully saturated rings. The van der Waals surface area contributed by atoms with E-state index in [-0.39, 0.29) is 31.2 Å². The molecule has 11 heteroatoms. The third-order valence-electron chi connectivity index (χ3n) is 9.97. The van der Waals surface area contributed by atoms with Gasteiger partial charge in [0, 0.05) is 17.5 Å². The van der Waals surface area contributed by atoms with Crippen LogP contribution in [0, 0.1) is 35.3 Å². The Balaban J connectivity index is 1.47. The van der Waals surface area contributed by atoms with Crippen LogP contribution >= 0.6 is 11.6 Å². The normalized spacial score (nSPS) is 29.0. The van der Waals surface area contributed by atoms with Crippen molar-refractivity contribution in [1.29, 1.82) is 0 Å². The highest BCUT2D eigenvalue weighted by atomic mass is 35.5. The van der Waals surface area contributed by atoms with Crippen molar-refractivity contribution < 1.29 is 33.1 Å². The molecule has 3 aromatic carbocycles. The number of carbonyl (C=O) groups excluding carboxylic acids is 4. The smallest absolute Gasteiger partial charge is 0.260 e. The fourth-order valence-corrected chi connectivity index (χ4v) is 8.24. The average molecular weight is 632 g/mol. The number of aromatic hydroxyl groups is 1. The van der Waals surface area contributed by atoms with Gasteiger partial charge in [0.15, 0.2) is 11.6 Å². The number of nitrogens with zero attached hydrogens (tertiary/aromatic N) is 2. The molecular weight excluding hydrogens is 604 g/mol. The van der Waals surface area contributed by atoms with E-state index in [4.69, 9.17) is 11.6 Å². The second-order valence-corrected chi connectivity index (χ2v) is 12.4. The van der Waals surface area contributed by atoms with Gasteiger partial charge < -0.3 is 5.11 Å². The number of rotatable bonds is 5. The second kappa shape index (κ2) is 10.5. The number of nitrogens with one attached hydrogen (secondary N) is 1. The van der Waals surface area contributed by atoms with E-state index >= 15 is 4.39 Å². The topological polar surface area (TPSA) is 107 Å². The number of carbonyl (C=O) groups is 4. The van der Waals surface area contributed by atoms with Gasteiger partial charge >= 0.3 is 0 Å². The molecule has 2 heterocycles. The van der Waals surface area contributed by atoms with Crippen LogP contribution in [0.15, 0.2) is 78.4 Å². The lowest BCUT2D eigenvalue weighted by atomic mass is 9.49. The lowest BCUT2D eigenvalue weighted by Crippen LogP contribution is -2.53. The average Bonchev–Trinajstić information content (AvgIpc) is 3.40. The summed E-state index contributed by atoms with van der Waals surface area (Å²) in [6.45, 7) is 1.94. The first-order valence-electron chi connectivity index (χ1n) is 14.8. The molecular formula is C34H28ClF2N3O5. The van der Waals surface area contributed by atoms with Crippen molar-refractivity contribution in [2.24, 2.45) is 23.7 Å². The Kier molecular flexibility index (Phi) is 6.81. The minimum Gasteiger partial charge on any atom is -0.505 e. The molecule has 2 aliphatic carbocycles. The molecule has 0 bridgehead atoms. The first-order chi connectivity index (χ1) is 21.6. The fraction of sp³-hybridized carbons (Fsp3) is 0.294. The van der Waals surface area contributed by atoms with Gasteiger partial charge in [-0.05, 0) is 85.3 Å². The molecule has 8 nitrogen and oxygen atoms in total. The molecule has 2 N–H and O–H groups in total. The van der Waals surface area contributed by atoms with Gasteiger partial charge in [-0.1, -0.05) is 41.4 Å². The Morgan fingerprint density at radius 3 is 2.31 bits per heavy atom. The van der Waals surface area contributed by atoms with Crippen molar-refractivity contribution in [2.45, 2.75) is 31.1 Å². The molecule has 4 aliphatic rings. The standard InChI is InChI=1S/C34H28ClF2N3O5/c1-2-39-30(42)23-13-12-22-24(28(23)32(39)44)16-25-31(43)40(38-21-10-8-20(36)9-11-21)33(45)34(25,18-4-6-19(35)7-5-18)29(22)17-3-14-27(41)26(37)15-17/h3-12,14-15,23-25,28-29,38,41H,2,13,16H2,1H3. The summed E-state index contributed by atoms with van der Waals surface area (Å²) in [6, 6.07) is 15.6. The molecule has 3 aromatic rings. The predicted molar refractivity (Wildman–Crippen MR) is 159 cm³/mol. The number of halogens is 3. The molecule has 0 aromatic heterocycles. The maximum atomic E-state index is 15.1. The summed E-state index contributed by atoms with van der Waals surface area (Å²) in [5, 5.41) is 11.4. The summed E-state index contributed by atoms with van der Waals surface area (Å²) in [7, 11) is 0. The highest BCUT2D eigenvalue weighted by Crippen LogP contribution is 2.64. The number of anilines is 1. The van der Waals surface area contributed by atoms with Crippen LogP contribution in [0.25, 0.3) is 0 Å². The Hall–Kier alpha value is -4.57. The SMILES string of the molecule is CCN1C(=O)C2CC=C3C(CC4C(=O)N(Nc5ccc(F)cc5)C(=O)C4(c4ccc(Cl)cc4)C3c3ccc(O)c(F)c3)C2C1=O. The number of imide groups is 2. The van der Waals surface area contributed by atoms with Crippen LogP contribution in [0.2, 0.25) is 5.02 Å². The minimum absolute atomic E-state index is 0.0788. The quantitative estimate of drug-likeness (QED) is 0.291. The Bertz CT molecular complexity index is 1800. The molecule has 2 saturated heterocycles. The molecule has 6 atom stereocenters. The molecule has 7 rings (SSSR count). The van der Waals surface area contributed by atoms with Crippen molar-refractivity contribution in [1.82, 2.24) is 9.91 Å². The summed E-state index contributed by atoms with van der Waals surface area (Å²) in [5.41, 5.74) is 2.98. The van der Waals surface area contributed by atoms with E-state index in [9.17, 15) is 28.7 Å². The van der Waals surface area contributed by atoms with Gasteiger partial charge in [0.1, 0.15) is 5.82 Å². The van der Waals surface area contributed by atoms with Crippen molar-refractivity contribution in [2.75, 3.05) is 12.0 Å². The third kappa shape index (κ3) is 4.15. The highest BCUT2D eigenvalue weighted by Gasteiger charge is 2.70. The van der Waals surface area contributed by atoms with Gasteiger partial charge in [0.25, 0.3) is 11.8 Å². The molecule has 45 heavy (non-hydrogen) atoms. The van der Waals surface area contributed by atoms with Crippen LogP contribution in [0.1, 0.15) is 36.8 Å². The number of benzene rings is 3. The molecule has 2 aliphatic heterocycles. The summed E-state index contributed by atoms with van der Waals surface area (Å²) in [5.74, 6) is -7.70. The number of phenols is 1. The lowest BCUT2D eigenvalue weighted by Gasteiger charge is -2.50. The summed E-state index contributed by atoms with van der Waals surface area (Å²) < 4.78 is 28.8. The van der Waals surface area contributed by atoms with Gasteiger partial charge in [-0.2, -0.15) is 5.01 Å². The van der Waals surface area contributed by atoms with Crippen LogP contribution in [-0.4, -0.2) is 45.2 Å². The van der Waals surface area contributed by atoms with Crippen molar-refractivity contribution >= 4 is 40.9 Å². The number of amides is 4. The van der Waals surface area contributed by atoms with E-state index in [1.165, 1.54) is 41.3 Å². The molecule has 1 saturated carbocycles. The number of hydrogen-bond donors (Lipinski definition) is 2. The molecule has 0 radical (unpaired) electrons. The van der Waals surface area contributed by atoms with E-state index in [1.54, 1.807) is 31.2 Å². The van der Waals surface area contributed by atoms with Crippen LogP contribution < -0.4 is 5.43 Å². The maximum absolute atomic E-state index is 15.1. The Morgan fingerprint density at radius 2 is 1.64 bits per heavy atom. The van der Waals surface area contributed by atoms with Gasteiger partial charge in [-0.3, -0.25) is 29.5 Å². The van der Waals surface area contributed by atoms with Crippen LogP contribution in [0.3, 0.4) is 0 Å². The molecule has 230 valence electrons. The van der Waals surface area contributed by atoms with E-state index in [0.29, 0.717) is 27.4 Å². The maximum Gasteiger partial charge on any atom is 0.260 e. The third-order valence-corrected chi connectivity index (χ3v) is 10.2. The van der Waals surface area contributed by atoms with E-state index < -0.39 is 64.2 Å². The molecule has 0 spiro atoms. The number of likely N-dealkylation sites (tertiary alicyclic amines) is 1.